The average molecular weight is 428 g/mol. The van der Waals surface area contributed by atoms with Gasteiger partial charge in [0.2, 0.25) is 15.9 Å². The second kappa shape index (κ2) is 11.4. The van der Waals surface area contributed by atoms with Crippen molar-refractivity contribution in [3.8, 4) is 11.5 Å². The van der Waals surface area contributed by atoms with Crippen molar-refractivity contribution >= 4 is 15.9 Å². The topological polar surface area (TPSA) is 88.2 Å². The van der Waals surface area contributed by atoms with Crippen LogP contribution in [0.3, 0.4) is 0 Å². The number of amides is 1. The van der Waals surface area contributed by atoms with Gasteiger partial charge in [0.1, 0.15) is 0 Å². The molecule has 0 atom stereocenters. The van der Waals surface area contributed by atoms with Crippen molar-refractivity contribution in [2.45, 2.75) is 38.5 Å². The van der Waals surface area contributed by atoms with Gasteiger partial charge in [-0.2, -0.15) is 4.31 Å². The normalized spacial score (nSPS) is 15.8. The average Bonchev–Trinajstić information content (AvgIpc) is 2.70. The Hall–Kier alpha value is -1.84. The fourth-order valence-electron chi connectivity index (χ4n) is 3.13. The summed E-state index contributed by atoms with van der Waals surface area (Å²) in [6.45, 7) is 9.41. The van der Waals surface area contributed by atoms with E-state index < -0.39 is 10.0 Å². The fraction of sp³-hybridized carbons (Fsp3) is 0.650. The molecular formula is C20H33N3O5S. The number of sulfonamides is 1. The number of carbonyl (C=O) groups is 1. The minimum atomic E-state index is -3.63. The molecule has 0 unspecified atom stereocenters. The number of rotatable bonds is 11. The Balaban J connectivity index is 1.99. The largest absolute Gasteiger partial charge is 0.490 e. The third-order valence-electron chi connectivity index (χ3n) is 4.70. The summed E-state index contributed by atoms with van der Waals surface area (Å²) in [7, 11) is -3.63. The molecule has 1 aromatic rings. The van der Waals surface area contributed by atoms with Gasteiger partial charge in [-0.3, -0.25) is 9.69 Å². The van der Waals surface area contributed by atoms with Crippen molar-refractivity contribution in [3.63, 3.8) is 0 Å². The molecule has 0 aliphatic carbocycles. The third-order valence-corrected chi connectivity index (χ3v) is 6.60. The van der Waals surface area contributed by atoms with E-state index in [9.17, 15) is 13.2 Å². The van der Waals surface area contributed by atoms with E-state index in [4.69, 9.17) is 9.47 Å². The monoisotopic (exact) mass is 427 g/mol. The molecule has 1 aromatic carbocycles. The molecule has 1 heterocycles. The Bertz CT molecular complexity index is 761. The predicted molar refractivity (Wildman–Crippen MR) is 112 cm³/mol. The summed E-state index contributed by atoms with van der Waals surface area (Å²) >= 11 is 0. The van der Waals surface area contributed by atoms with Crippen molar-refractivity contribution in [3.05, 3.63) is 18.2 Å². The number of benzene rings is 1. The van der Waals surface area contributed by atoms with Crippen LogP contribution in [-0.4, -0.2) is 76.0 Å². The standard InChI is InChI=1S/C20H33N3O5S/c1-4-7-10-21-20(24)16-22-11-13-23(14-12-22)29(25,26)17-8-9-18(27-5-2)19(15-17)28-6-3/h8-9,15H,4-7,10-14,16H2,1-3H3,(H,21,24). The molecule has 1 N–H and O–H groups in total. The highest BCUT2D eigenvalue weighted by Gasteiger charge is 2.29. The number of unbranched alkanes of at least 4 members (excludes halogenated alkanes) is 1. The van der Waals surface area contributed by atoms with Crippen molar-refractivity contribution in [1.82, 2.24) is 14.5 Å². The molecule has 0 spiro atoms. The molecule has 1 amide bonds. The first-order chi connectivity index (χ1) is 13.9. The lowest BCUT2D eigenvalue weighted by Crippen LogP contribution is -2.51. The summed E-state index contributed by atoms with van der Waals surface area (Å²) in [5.74, 6) is 0.952. The van der Waals surface area contributed by atoms with Gasteiger partial charge in [-0.15, -0.1) is 0 Å². The maximum atomic E-state index is 13.0. The minimum absolute atomic E-state index is 0.0115. The minimum Gasteiger partial charge on any atom is -0.490 e. The molecule has 9 heteroatoms. The van der Waals surface area contributed by atoms with E-state index in [1.165, 1.54) is 10.4 Å². The molecule has 2 rings (SSSR count). The quantitative estimate of drug-likeness (QED) is 0.541. The van der Waals surface area contributed by atoms with E-state index in [0.717, 1.165) is 12.8 Å². The Morgan fingerprint density at radius 2 is 1.69 bits per heavy atom. The van der Waals surface area contributed by atoms with Crippen LogP contribution in [0.4, 0.5) is 0 Å². The predicted octanol–water partition coefficient (Wildman–Crippen LogP) is 1.71. The number of carbonyl (C=O) groups excluding carboxylic acids is 1. The number of nitrogens with zero attached hydrogens (tertiary/aromatic N) is 2. The van der Waals surface area contributed by atoms with Gasteiger partial charge < -0.3 is 14.8 Å². The van der Waals surface area contributed by atoms with E-state index in [0.29, 0.717) is 64.0 Å². The maximum Gasteiger partial charge on any atom is 0.243 e. The van der Waals surface area contributed by atoms with Gasteiger partial charge in [0.25, 0.3) is 0 Å². The van der Waals surface area contributed by atoms with Gasteiger partial charge in [-0.1, -0.05) is 13.3 Å². The summed E-state index contributed by atoms with van der Waals surface area (Å²) in [5.41, 5.74) is 0. The Morgan fingerprint density at radius 1 is 1.03 bits per heavy atom. The van der Waals surface area contributed by atoms with Crippen molar-refractivity contribution < 1.29 is 22.7 Å². The van der Waals surface area contributed by atoms with Crippen molar-refractivity contribution in [1.29, 1.82) is 0 Å². The number of piperazine rings is 1. The van der Waals surface area contributed by atoms with Crippen LogP contribution in [0.15, 0.2) is 23.1 Å². The molecule has 0 aromatic heterocycles. The molecule has 8 nitrogen and oxygen atoms in total. The van der Waals surface area contributed by atoms with Gasteiger partial charge in [0.05, 0.1) is 24.7 Å². The number of nitrogens with one attached hydrogen (secondary N) is 1. The summed E-state index contributed by atoms with van der Waals surface area (Å²) in [4.78, 5) is 14.1. The second-order valence-electron chi connectivity index (χ2n) is 6.86. The number of ether oxygens (including phenoxy) is 2. The molecular weight excluding hydrogens is 394 g/mol. The van der Waals surface area contributed by atoms with Crippen molar-refractivity contribution in [2.75, 3.05) is 52.5 Å². The molecule has 0 saturated carbocycles. The highest BCUT2D eigenvalue weighted by molar-refractivity contribution is 7.89. The van der Waals surface area contributed by atoms with Crippen LogP contribution in [0.2, 0.25) is 0 Å². The first kappa shape index (κ1) is 23.4. The lowest BCUT2D eigenvalue weighted by atomic mass is 10.3. The molecule has 164 valence electrons. The number of hydrogen-bond donors (Lipinski definition) is 1. The third kappa shape index (κ3) is 6.58. The van der Waals surface area contributed by atoms with Gasteiger partial charge in [0.15, 0.2) is 11.5 Å². The molecule has 29 heavy (non-hydrogen) atoms. The first-order valence-electron chi connectivity index (χ1n) is 10.3. The summed E-state index contributed by atoms with van der Waals surface area (Å²) in [5, 5.41) is 2.89. The SMILES string of the molecule is CCCCNC(=O)CN1CCN(S(=O)(=O)c2ccc(OCC)c(OCC)c2)CC1. The smallest absolute Gasteiger partial charge is 0.243 e. The van der Waals surface area contributed by atoms with Crippen LogP contribution in [0, 0.1) is 0 Å². The van der Waals surface area contributed by atoms with E-state index in [1.54, 1.807) is 12.1 Å². The Kier molecular flexibility index (Phi) is 9.19. The van der Waals surface area contributed by atoms with Crippen LogP contribution in [0.5, 0.6) is 11.5 Å². The lowest BCUT2D eigenvalue weighted by Gasteiger charge is -2.33. The molecule has 0 radical (unpaired) electrons. The molecule has 1 saturated heterocycles. The zero-order chi connectivity index (χ0) is 21.3. The zero-order valence-corrected chi connectivity index (χ0v) is 18.5. The van der Waals surface area contributed by atoms with Crippen LogP contribution in [0.1, 0.15) is 33.6 Å². The fourth-order valence-corrected chi connectivity index (χ4v) is 4.57. The highest BCUT2D eigenvalue weighted by atomic mass is 32.2. The van der Waals surface area contributed by atoms with Crippen LogP contribution in [0.25, 0.3) is 0 Å². The Morgan fingerprint density at radius 3 is 2.31 bits per heavy atom. The summed E-state index contributed by atoms with van der Waals surface area (Å²) in [6.07, 6.45) is 2.00. The van der Waals surface area contributed by atoms with Gasteiger partial charge >= 0.3 is 0 Å². The van der Waals surface area contributed by atoms with Crippen LogP contribution < -0.4 is 14.8 Å². The van der Waals surface area contributed by atoms with E-state index in [1.807, 2.05) is 18.7 Å². The second-order valence-corrected chi connectivity index (χ2v) is 8.80. The number of hydrogen-bond acceptors (Lipinski definition) is 6. The van der Waals surface area contributed by atoms with E-state index in [-0.39, 0.29) is 10.8 Å². The van der Waals surface area contributed by atoms with Crippen LogP contribution >= 0.6 is 0 Å². The highest BCUT2D eigenvalue weighted by Crippen LogP contribution is 2.31. The molecule has 1 aliphatic rings. The van der Waals surface area contributed by atoms with Gasteiger partial charge in [0, 0.05) is 38.8 Å². The van der Waals surface area contributed by atoms with Gasteiger partial charge in [-0.05, 0) is 32.4 Å². The maximum absolute atomic E-state index is 13.0. The Labute approximate surface area is 174 Å². The molecule has 1 fully saturated rings. The van der Waals surface area contributed by atoms with E-state index >= 15 is 0 Å². The lowest BCUT2D eigenvalue weighted by molar-refractivity contribution is -0.122. The molecule has 1 aliphatic heterocycles. The molecule has 0 bridgehead atoms. The van der Waals surface area contributed by atoms with Crippen LogP contribution in [-0.2, 0) is 14.8 Å². The van der Waals surface area contributed by atoms with Gasteiger partial charge in [-0.25, -0.2) is 8.42 Å². The summed E-state index contributed by atoms with van der Waals surface area (Å²) < 4.78 is 38.6. The van der Waals surface area contributed by atoms with E-state index in [2.05, 4.69) is 12.2 Å². The summed E-state index contributed by atoms with van der Waals surface area (Å²) in [6, 6.07) is 4.71. The zero-order valence-electron chi connectivity index (χ0n) is 17.6. The van der Waals surface area contributed by atoms with Crippen molar-refractivity contribution in [2.24, 2.45) is 0 Å². The first-order valence-corrected chi connectivity index (χ1v) is 11.7.